The molecule has 1 saturated heterocycles. The first-order valence-electron chi connectivity index (χ1n) is 10.9. The Bertz CT molecular complexity index is 829. The van der Waals surface area contributed by atoms with Crippen molar-refractivity contribution in [2.45, 2.75) is 64.4 Å². The summed E-state index contributed by atoms with van der Waals surface area (Å²) >= 11 is 0. The number of nitrogens with zero attached hydrogens (tertiary/aromatic N) is 1. The number of amides is 1. The van der Waals surface area contributed by atoms with Gasteiger partial charge in [0, 0.05) is 19.2 Å². The third kappa shape index (κ3) is 5.66. The molecule has 1 aromatic carbocycles. The van der Waals surface area contributed by atoms with Gasteiger partial charge < -0.3 is 19.5 Å². The van der Waals surface area contributed by atoms with Crippen molar-refractivity contribution in [1.82, 2.24) is 4.90 Å². The molecule has 1 aromatic rings. The second kappa shape index (κ2) is 9.58. The minimum Gasteiger partial charge on any atom is -0.493 e. The maximum absolute atomic E-state index is 13.7. The Labute approximate surface area is 185 Å². The summed E-state index contributed by atoms with van der Waals surface area (Å²) in [6, 6.07) is 3.73. The van der Waals surface area contributed by atoms with Gasteiger partial charge in [-0.3, -0.25) is 0 Å². The highest BCUT2D eigenvalue weighted by Gasteiger charge is 2.46. The molecular weight excluding hydrogens is 427 g/mol. The molecule has 0 atom stereocenters. The highest BCUT2D eigenvalue weighted by molar-refractivity contribution is 5.88. The zero-order valence-electron chi connectivity index (χ0n) is 18.4. The molecule has 1 N–H and O–H groups in total. The zero-order chi connectivity index (χ0) is 23.5. The number of likely N-dealkylation sites (tertiary alicyclic amines) is 1. The van der Waals surface area contributed by atoms with Crippen LogP contribution in [-0.4, -0.2) is 53.8 Å². The van der Waals surface area contributed by atoms with Gasteiger partial charge in [-0.05, 0) is 75.8 Å². The molecule has 1 spiro atoms. The first kappa shape index (κ1) is 24.2. The SMILES string of the molecule is CC(C)(OC(=O)N1CCC2(CC1)CC(CCCOc1ccc(C(=O)O)c(F)c1)C2)C(F)F. The minimum atomic E-state index is -2.73. The third-order valence-electron chi connectivity index (χ3n) is 6.60. The van der Waals surface area contributed by atoms with E-state index in [2.05, 4.69) is 0 Å². The molecule has 0 aromatic heterocycles. The molecule has 1 amide bonds. The molecule has 2 fully saturated rings. The number of ether oxygens (including phenoxy) is 2. The van der Waals surface area contributed by atoms with E-state index in [1.807, 2.05) is 0 Å². The number of hydrogen-bond donors (Lipinski definition) is 1. The molecule has 1 aliphatic heterocycles. The largest absolute Gasteiger partial charge is 0.493 e. The Morgan fingerprint density at radius 2 is 1.91 bits per heavy atom. The number of halogens is 3. The standard InChI is InChI=1S/C23H30F3NO5/c1-22(2,20(25)26)32-21(30)27-9-7-23(8-10-27)13-15(14-23)4-3-11-31-16-5-6-17(19(28)29)18(24)12-16/h5-6,12,15,20H,3-4,7-11,13-14H2,1-2H3,(H,28,29). The molecular formula is C23H30F3NO5. The van der Waals surface area contributed by atoms with Gasteiger partial charge in [0.05, 0.1) is 12.2 Å². The second-order valence-electron chi connectivity index (χ2n) is 9.47. The van der Waals surface area contributed by atoms with E-state index in [1.165, 1.54) is 30.9 Å². The number of piperidine rings is 1. The molecule has 1 aliphatic carbocycles. The molecule has 178 valence electrons. The number of aromatic carboxylic acids is 1. The smallest absolute Gasteiger partial charge is 0.410 e. The highest BCUT2D eigenvalue weighted by Crippen LogP contribution is 2.54. The van der Waals surface area contributed by atoms with Crippen LogP contribution in [0.1, 0.15) is 62.7 Å². The molecule has 32 heavy (non-hydrogen) atoms. The summed E-state index contributed by atoms with van der Waals surface area (Å²) < 4.78 is 50.0. The number of alkyl halides is 2. The Morgan fingerprint density at radius 1 is 1.25 bits per heavy atom. The summed E-state index contributed by atoms with van der Waals surface area (Å²) in [4.78, 5) is 24.5. The number of carboxylic acid groups (broad SMARTS) is 1. The van der Waals surface area contributed by atoms with Crippen molar-refractivity contribution in [3.05, 3.63) is 29.6 Å². The first-order chi connectivity index (χ1) is 15.0. The van der Waals surface area contributed by atoms with E-state index >= 15 is 0 Å². The maximum atomic E-state index is 13.7. The zero-order valence-corrected chi connectivity index (χ0v) is 18.4. The summed E-state index contributed by atoms with van der Waals surface area (Å²) in [7, 11) is 0. The van der Waals surface area contributed by atoms with Gasteiger partial charge in [-0.15, -0.1) is 0 Å². The third-order valence-corrected chi connectivity index (χ3v) is 6.60. The van der Waals surface area contributed by atoms with Crippen molar-refractivity contribution in [1.29, 1.82) is 0 Å². The fourth-order valence-electron chi connectivity index (χ4n) is 4.60. The number of rotatable bonds is 8. The van der Waals surface area contributed by atoms with Gasteiger partial charge in [-0.2, -0.15) is 0 Å². The summed E-state index contributed by atoms with van der Waals surface area (Å²) in [6.45, 7) is 3.89. The average molecular weight is 457 g/mol. The average Bonchev–Trinajstić information content (AvgIpc) is 2.69. The summed E-state index contributed by atoms with van der Waals surface area (Å²) in [5.41, 5.74) is -1.95. The number of hydrogen-bond acceptors (Lipinski definition) is 4. The summed E-state index contributed by atoms with van der Waals surface area (Å²) in [6.07, 6.45) is 2.21. The Kier molecular flexibility index (Phi) is 7.25. The van der Waals surface area contributed by atoms with Crippen molar-refractivity contribution in [2.75, 3.05) is 19.7 Å². The molecule has 0 radical (unpaired) electrons. The van der Waals surface area contributed by atoms with E-state index in [1.54, 1.807) is 0 Å². The van der Waals surface area contributed by atoms with Gasteiger partial charge in [0.2, 0.25) is 0 Å². The Balaban J connectivity index is 1.33. The quantitative estimate of drug-likeness (QED) is 0.532. The predicted octanol–water partition coefficient (Wildman–Crippen LogP) is 5.36. The number of carbonyl (C=O) groups excluding carboxylic acids is 1. The van der Waals surface area contributed by atoms with Gasteiger partial charge >= 0.3 is 12.1 Å². The van der Waals surface area contributed by atoms with Crippen LogP contribution < -0.4 is 4.74 Å². The van der Waals surface area contributed by atoms with Crippen molar-refractivity contribution < 1.29 is 37.3 Å². The van der Waals surface area contributed by atoms with Crippen LogP contribution in [0.25, 0.3) is 0 Å². The molecule has 2 aliphatic rings. The molecule has 1 saturated carbocycles. The van der Waals surface area contributed by atoms with Crippen LogP contribution in [0, 0.1) is 17.2 Å². The van der Waals surface area contributed by atoms with Crippen molar-refractivity contribution in [3.8, 4) is 5.75 Å². The fourth-order valence-corrected chi connectivity index (χ4v) is 4.60. The van der Waals surface area contributed by atoms with Crippen LogP contribution in [0.4, 0.5) is 18.0 Å². The van der Waals surface area contributed by atoms with Crippen LogP contribution in [0.5, 0.6) is 5.75 Å². The lowest BCUT2D eigenvalue weighted by Gasteiger charge is -2.52. The number of benzene rings is 1. The highest BCUT2D eigenvalue weighted by atomic mass is 19.3. The van der Waals surface area contributed by atoms with E-state index < -0.39 is 29.9 Å². The van der Waals surface area contributed by atoms with E-state index in [0.29, 0.717) is 31.4 Å². The van der Waals surface area contributed by atoms with Crippen LogP contribution in [0.3, 0.4) is 0 Å². The fraction of sp³-hybridized carbons (Fsp3) is 0.652. The maximum Gasteiger partial charge on any atom is 0.410 e. The lowest BCUT2D eigenvalue weighted by atomic mass is 9.56. The van der Waals surface area contributed by atoms with Gasteiger partial charge in [0.25, 0.3) is 6.43 Å². The van der Waals surface area contributed by atoms with Crippen molar-refractivity contribution in [3.63, 3.8) is 0 Å². The molecule has 0 bridgehead atoms. The van der Waals surface area contributed by atoms with E-state index in [9.17, 15) is 22.8 Å². The van der Waals surface area contributed by atoms with Crippen LogP contribution in [0.2, 0.25) is 0 Å². The summed E-state index contributed by atoms with van der Waals surface area (Å²) in [5, 5.41) is 8.84. The van der Waals surface area contributed by atoms with E-state index in [0.717, 1.165) is 44.6 Å². The van der Waals surface area contributed by atoms with E-state index in [-0.39, 0.29) is 11.0 Å². The lowest BCUT2D eigenvalue weighted by molar-refractivity contribution is -0.0929. The topological polar surface area (TPSA) is 76.1 Å². The monoisotopic (exact) mass is 457 g/mol. The van der Waals surface area contributed by atoms with Gasteiger partial charge in [0.15, 0.2) is 5.60 Å². The molecule has 1 heterocycles. The van der Waals surface area contributed by atoms with Crippen molar-refractivity contribution >= 4 is 12.1 Å². The molecule has 6 nitrogen and oxygen atoms in total. The van der Waals surface area contributed by atoms with Gasteiger partial charge in [-0.25, -0.2) is 22.8 Å². The molecule has 9 heteroatoms. The number of carbonyl (C=O) groups is 2. The number of carboxylic acids is 1. The molecule has 0 unspecified atom stereocenters. The minimum absolute atomic E-state index is 0.219. The van der Waals surface area contributed by atoms with Crippen LogP contribution >= 0.6 is 0 Å². The van der Waals surface area contributed by atoms with Crippen molar-refractivity contribution in [2.24, 2.45) is 11.3 Å². The summed E-state index contributed by atoms with van der Waals surface area (Å²) in [5.74, 6) is -1.25. The molecule has 3 rings (SSSR count). The van der Waals surface area contributed by atoms with Crippen LogP contribution in [-0.2, 0) is 4.74 Å². The Morgan fingerprint density at radius 3 is 2.47 bits per heavy atom. The first-order valence-corrected chi connectivity index (χ1v) is 10.9. The van der Waals surface area contributed by atoms with Gasteiger partial charge in [-0.1, -0.05) is 0 Å². The van der Waals surface area contributed by atoms with Gasteiger partial charge in [0.1, 0.15) is 11.6 Å². The Hall–Kier alpha value is -2.45. The second-order valence-corrected chi connectivity index (χ2v) is 9.47. The lowest BCUT2D eigenvalue weighted by Crippen LogP contribution is -2.50. The normalized spacial score (nSPS) is 18.5. The predicted molar refractivity (Wildman–Crippen MR) is 111 cm³/mol. The van der Waals surface area contributed by atoms with Crippen LogP contribution in [0.15, 0.2) is 18.2 Å². The van der Waals surface area contributed by atoms with E-state index in [4.69, 9.17) is 14.6 Å².